The molecule has 6 nitrogen and oxygen atoms in total. The highest BCUT2D eigenvalue weighted by molar-refractivity contribution is 7.99. The number of anilines is 1. The molecule has 0 fully saturated rings. The minimum Gasteiger partial charge on any atom is -0.495 e. The van der Waals surface area contributed by atoms with Crippen LogP contribution in [-0.2, 0) is 11.2 Å². The highest BCUT2D eigenvalue weighted by Crippen LogP contribution is 2.29. The van der Waals surface area contributed by atoms with Gasteiger partial charge in [-0.25, -0.2) is 0 Å². The van der Waals surface area contributed by atoms with Crippen LogP contribution in [0.25, 0.3) is 0 Å². The summed E-state index contributed by atoms with van der Waals surface area (Å²) in [5, 5.41) is 13.5. The fourth-order valence-corrected chi connectivity index (χ4v) is 2.82. The average molecular weight is 346 g/mol. The first kappa shape index (κ1) is 17.8. The molecule has 0 unspecified atom stereocenters. The predicted molar refractivity (Wildman–Crippen MR) is 94.8 cm³/mol. The lowest BCUT2D eigenvalue weighted by atomic mass is 10.1. The summed E-state index contributed by atoms with van der Waals surface area (Å²) in [5.74, 6) is 1.11. The SMILES string of the molecule is CCSc1ccc(CC(=O)Nc2cc([N+](=O)[O-])ccc2OC)cc1. The summed E-state index contributed by atoms with van der Waals surface area (Å²) in [5.41, 5.74) is 1.05. The number of nitro benzene ring substituents is 1. The third-order valence-corrected chi connectivity index (χ3v) is 4.16. The van der Waals surface area contributed by atoms with E-state index in [0.29, 0.717) is 5.75 Å². The van der Waals surface area contributed by atoms with E-state index in [-0.39, 0.29) is 23.7 Å². The number of nitrogens with one attached hydrogen (secondary N) is 1. The van der Waals surface area contributed by atoms with Gasteiger partial charge in [0, 0.05) is 17.0 Å². The molecule has 0 spiro atoms. The van der Waals surface area contributed by atoms with Gasteiger partial charge >= 0.3 is 0 Å². The Balaban J connectivity index is 2.08. The number of ether oxygens (including phenoxy) is 1. The second kappa shape index (κ2) is 8.35. The molecule has 2 aromatic rings. The second-order valence-corrected chi connectivity index (χ2v) is 6.28. The number of hydrogen-bond donors (Lipinski definition) is 1. The number of nitrogens with zero attached hydrogens (tertiary/aromatic N) is 1. The van der Waals surface area contributed by atoms with E-state index in [4.69, 9.17) is 4.74 Å². The topological polar surface area (TPSA) is 81.5 Å². The molecule has 7 heteroatoms. The zero-order chi connectivity index (χ0) is 17.5. The van der Waals surface area contributed by atoms with Crippen molar-refractivity contribution in [3.05, 3.63) is 58.1 Å². The summed E-state index contributed by atoms with van der Waals surface area (Å²) in [6.07, 6.45) is 0.183. The number of carbonyl (C=O) groups excluding carboxylic acids is 1. The third kappa shape index (κ3) is 4.73. The summed E-state index contributed by atoms with van der Waals surface area (Å²) < 4.78 is 5.13. The summed E-state index contributed by atoms with van der Waals surface area (Å²) in [4.78, 5) is 23.7. The van der Waals surface area contributed by atoms with E-state index < -0.39 is 4.92 Å². The Kier molecular flexibility index (Phi) is 6.20. The number of hydrogen-bond acceptors (Lipinski definition) is 5. The molecule has 24 heavy (non-hydrogen) atoms. The normalized spacial score (nSPS) is 10.2. The van der Waals surface area contributed by atoms with Gasteiger partial charge in [0.15, 0.2) is 0 Å². The molecule has 0 aromatic heterocycles. The molecule has 1 amide bonds. The molecule has 0 heterocycles. The van der Waals surface area contributed by atoms with E-state index in [0.717, 1.165) is 16.2 Å². The number of methoxy groups -OCH3 is 1. The summed E-state index contributed by atoms with van der Waals surface area (Å²) in [6, 6.07) is 11.8. The molecular weight excluding hydrogens is 328 g/mol. The van der Waals surface area contributed by atoms with Gasteiger partial charge in [-0.2, -0.15) is 0 Å². The van der Waals surface area contributed by atoms with E-state index in [2.05, 4.69) is 12.2 Å². The van der Waals surface area contributed by atoms with Crippen LogP contribution in [-0.4, -0.2) is 23.7 Å². The Morgan fingerprint density at radius 3 is 2.54 bits per heavy atom. The van der Waals surface area contributed by atoms with Crippen molar-refractivity contribution in [3.8, 4) is 5.75 Å². The molecule has 0 saturated carbocycles. The molecule has 0 saturated heterocycles. The number of non-ortho nitro benzene ring substituents is 1. The van der Waals surface area contributed by atoms with Crippen LogP contribution >= 0.6 is 11.8 Å². The lowest BCUT2D eigenvalue weighted by Gasteiger charge is -2.10. The summed E-state index contributed by atoms with van der Waals surface area (Å²) >= 11 is 1.73. The van der Waals surface area contributed by atoms with Gasteiger partial charge in [0.2, 0.25) is 5.91 Å². The maximum Gasteiger partial charge on any atom is 0.271 e. The molecule has 0 aliphatic carbocycles. The molecule has 0 aliphatic rings. The molecule has 0 aliphatic heterocycles. The van der Waals surface area contributed by atoms with Gasteiger partial charge < -0.3 is 10.1 Å². The van der Waals surface area contributed by atoms with Gasteiger partial charge in [0.1, 0.15) is 5.75 Å². The maximum atomic E-state index is 12.2. The van der Waals surface area contributed by atoms with Crippen molar-refractivity contribution < 1.29 is 14.5 Å². The second-order valence-electron chi connectivity index (χ2n) is 4.94. The van der Waals surface area contributed by atoms with Crippen molar-refractivity contribution in [1.29, 1.82) is 0 Å². The molecule has 2 aromatic carbocycles. The number of benzene rings is 2. The Morgan fingerprint density at radius 2 is 1.96 bits per heavy atom. The third-order valence-electron chi connectivity index (χ3n) is 3.27. The highest BCUT2D eigenvalue weighted by Gasteiger charge is 2.14. The quantitative estimate of drug-likeness (QED) is 0.467. The smallest absolute Gasteiger partial charge is 0.271 e. The van der Waals surface area contributed by atoms with Crippen molar-refractivity contribution >= 4 is 29.0 Å². The van der Waals surface area contributed by atoms with Gasteiger partial charge in [-0.05, 0) is 29.5 Å². The summed E-state index contributed by atoms with van der Waals surface area (Å²) in [7, 11) is 1.45. The molecular formula is C17H18N2O4S. The van der Waals surface area contributed by atoms with Crippen LogP contribution in [0.3, 0.4) is 0 Å². The average Bonchev–Trinajstić information content (AvgIpc) is 2.56. The fourth-order valence-electron chi connectivity index (χ4n) is 2.16. The Hall–Kier alpha value is -2.54. The number of nitro groups is 1. The number of carbonyl (C=O) groups is 1. The van der Waals surface area contributed by atoms with Crippen molar-refractivity contribution in [2.24, 2.45) is 0 Å². The maximum absolute atomic E-state index is 12.2. The Labute approximate surface area is 144 Å². The molecule has 126 valence electrons. The Morgan fingerprint density at radius 1 is 1.25 bits per heavy atom. The first-order chi connectivity index (χ1) is 11.5. The van der Waals surface area contributed by atoms with E-state index in [9.17, 15) is 14.9 Å². The monoisotopic (exact) mass is 346 g/mol. The van der Waals surface area contributed by atoms with E-state index in [1.54, 1.807) is 11.8 Å². The minimum absolute atomic E-state index is 0.105. The van der Waals surface area contributed by atoms with Crippen LogP contribution in [0.2, 0.25) is 0 Å². The molecule has 2 rings (SSSR count). The largest absolute Gasteiger partial charge is 0.495 e. The summed E-state index contributed by atoms with van der Waals surface area (Å²) in [6.45, 7) is 2.08. The first-order valence-corrected chi connectivity index (χ1v) is 8.36. The molecule has 1 N–H and O–H groups in total. The van der Waals surface area contributed by atoms with Crippen molar-refractivity contribution in [2.45, 2.75) is 18.2 Å². The van der Waals surface area contributed by atoms with Crippen molar-refractivity contribution in [1.82, 2.24) is 0 Å². The van der Waals surface area contributed by atoms with Crippen molar-refractivity contribution in [2.75, 3.05) is 18.2 Å². The van der Waals surface area contributed by atoms with E-state index in [1.165, 1.54) is 25.3 Å². The van der Waals surface area contributed by atoms with Gasteiger partial charge in [0.05, 0.1) is 24.1 Å². The van der Waals surface area contributed by atoms with Crippen LogP contribution in [0.5, 0.6) is 5.75 Å². The van der Waals surface area contributed by atoms with Gasteiger partial charge in [0.25, 0.3) is 5.69 Å². The van der Waals surface area contributed by atoms with Crippen molar-refractivity contribution in [3.63, 3.8) is 0 Å². The van der Waals surface area contributed by atoms with Gasteiger partial charge in [-0.3, -0.25) is 14.9 Å². The van der Waals surface area contributed by atoms with Crippen LogP contribution < -0.4 is 10.1 Å². The van der Waals surface area contributed by atoms with Gasteiger partial charge in [-0.15, -0.1) is 11.8 Å². The van der Waals surface area contributed by atoms with Gasteiger partial charge in [-0.1, -0.05) is 19.1 Å². The predicted octanol–water partition coefficient (Wildman–Crippen LogP) is 3.90. The zero-order valence-electron chi connectivity index (χ0n) is 13.4. The Bertz CT molecular complexity index is 732. The molecule has 0 atom stereocenters. The zero-order valence-corrected chi connectivity index (χ0v) is 14.3. The highest BCUT2D eigenvalue weighted by atomic mass is 32.2. The molecule has 0 bridgehead atoms. The van der Waals surface area contributed by atoms with Crippen LogP contribution in [0.1, 0.15) is 12.5 Å². The van der Waals surface area contributed by atoms with Crippen LogP contribution in [0.4, 0.5) is 11.4 Å². The number of amides is 1. The minimum atomic E-state index is -0.515. The fraction of sp³-hybridized carbons (Fsp3) is 0.235. The lowest BCUT2D eigenvalue weighted by Crippen LogP contribution is -2.15. The number of thioether (sulfide) groups is 1. The van der Waals surface area contributed by atoms with E-state index >= 15 is 0 Å². The van der Waals surface area contributed by atoms with E-state index in [1.807, 2.05) is 24.3 Å². The number of rotatable bonds is 7. The van der Waals surface area contributed by atoms with Crippen LogP contribution in [0.15, 0.2) is 47.4 Å². The first-order valence-electron chi connectivity index (χ1n) is 7.37. The molecule has 0 radical (unpaired) electrons. The standard InChI is InChI=1S/C17H18N2O4S/c1-3-24-14-7-4-12(5-8-14)10-17(20)18-15-11-13(19(21)22)6-9-16(15)23-2/h4-9,11H,3,10H2,1-2H3,(H,18,20). The lowest BCUT2D eigenvalue weighted by molar-refractivity contribution is -0.384. The van der Waals surface area contributed by atoms with Crippen LogP contribution in [0, 0.1) is 10.1 Å².